The van der Waals surface area contributed by atoms with Crippen molar-refractivity contribution in [1.82, 2.24) is 0 Å². The molecule has 1 saturated heterocycles. The lowest BCUT2D eigenvalue weighted by atomic mass is 10.1. The number of amides is 1. The molecule has 1 N–H and O–H groups in total. The highest BCUT2D eigenvalue weighted by Crippen LogP contribution is 2.21. The molecule has 1 aliphatic rings. The summed E-state index contributed by atoms with van der Waals surface area (Å²) >= 11 is 0. The van der Waals surface area contributed by atoms with Crippen molar-refractivity contribution in [3.8, 4) is 0 Å². The molecule has 1 aromatic carbocycles. The van der Waals surface area contributed by atoms with Gasteiger partial charge in [-0.05, 0) is 30.5 Å². The van der Waals surface area contributed by atoms with Crippen LogP contribution in [0.15, 0.2) is 24.3 Å². The number of anilines is 1. The number of nitrogens with zero attached hydrogens (tertiary/aromatic N) is 1. The van der Waals surface area contributed by atoms with Crippen LogP contribution in [0.2, 0.25) is 0 Å². The minimum absolute atomic E-state index is 0.0237. The van der Waals surface area contributed by atoms with Gasteiger partial charge >= 0.3 is 0 Å². The van der Waals surface area contributed by atoms with E-state index in [4.69, 9.17) is 5.11 Å². The lowest BCUT2D eigenvalue weighted by Crippen LogP contribution is -2.35. The van der Waals surface area contributed by atoms with Gasteiger partial charge in [0.05, 0.1) is 6.61 Å². The predicted octanol–water partition coefficient (Wildman–Crippen LogP) is 1.70. The number of aliphatic hydroxyl groups excluding tert-OH is 1. The van der Waals surface area contributed by atoms with E-state index >= 15 is 0 Å². The molecule has 2 rings (SSSR count). The number of piperidine rings is 1. The molecule has 3 nitrogen and oxygen atoms in total. The average Bonchev–Trinajstić information content (AvgIpc) is 2.30. The zero-order valence-electron chi connectivity index (χ0n) is 8.65. The van der Waals surface area contributed by atoms with Gasteiger partial charge in [-0.15, -0.1) is 0 Å². The molecule has 0 radical (unpaired) electrons. The molecule has 3 heteroatoms. The van der Waals surface area contributed by atoms with Gasteiger partial charge in [-0.1, -0.05) is 12.1 Å². The Labute approximate surface area is 89.3 Å². The maximum absolute atomic E-state index is 11.7. The summed E-state index contributed by atoms with van der Waals surface area (Å²) in [5, 5.41) is 9.02. The zero-order valence-corrected chi connectivity index (χ0v) is 8.65. The van der Waals surface area contributed by atoms with E-state index in [2.05, 4.69) is 0 Å². The fraction of sp³-hybridized carbons (Fsp3) is 0.417. The Bertz CT molecular complexity index is 362. The Morgan fingerprint density at radius 2 is 2.20 bits per heavy atom. The van der Waals surface area contributed by atoms with Crippen LogP contribution in [0.4, 0.5) is 5.69 Å². The number of carbonyl (C=O) groups is 1. The second-order valence-electron chi connectivity index (χ2n) is 3.83. The number of carbonyl (C=O) groups excluding carboxylic acids is 1. The first-order valence-corrected chi connectivity index (χ1v) is 5.31. The molecule has 0 atom stereocenters. The smallest absolute Gasteiger partial charge is 0.226 e. The van der Waals surface area contributed by atoms with E-state index < -0.39 is 0 Å². The molecule has 80 valence electrons. The van der Waals surface area contributed by atoms with Crippen molar-refractivity contribution in [2.24, 2.45) is 0 Å². The normalized spacial score (nSPS) is 16.9. The third kappa shape index (κ3) is 2.18. The molecule has 1 aliphatic heterocycles. The fourth-order valence-corrected chi connectivity index (χ4v) is 1.90. The number of hydrogen-bond donors (Lipinski definition) is 1. The Morgan fingerprint density at radius 3 is 2.93 bits per heavy atom. The Kier molecular flexibility index (Phi) is 3.02. The Balaban J connectivity index is 2.23. The third-order valence-electron chi connectivity index (χ3n) is 2.73. The minimum atomic E-state index is 0.0237. The lowest BCUT2D eigenvalue weighted by molar-refractivity contribution is -0.119. The largest absolute Gasteiger partial charge is 0.392 e. The van der Waals surface area contributed by atoms with Crippen molar-refractivity contribution < 1.29 is 9.90 Å². The summed E-state index contributed by atoms with van der Waals surface area (Å²) in [5.41, 5.74) is 1.76. The first kappa shape index (κ1) is 10.2. The predicted molar refractivity (Wildman–Crippen MR) is 58.6 cm³/mol. The van der Waals surface area contributed by atoms with Crippen LogP contribution < -0.4 is 4.90 Å². The number of hydrogen-bond acceptors (Lipinski definition) is 2. The maximum atomic E-state index is 11.7. The van der Waals surface area contributed by atoms with Gasteiger partial charge in [0.25, 0.3) is 0 Å². The standard InChI is InChI=1S/C12H15NO2/c14-9-10-4-3-5-11(8-10)13-7-2-1-6-12(13)15/h3-5,8,14H,1-2,6-7,9H2. The Morgan fingerprint density at radius 1 is 1.33 bits per heavy atom. The molecule has 1 heterocycles. The summed E-state index contributed by atoms with van der Waals surface area (Å²) in [6, 6.07) is 7.53. The first-order valence-electron chi connectivity index (χ1n) is 5.31. The molecule has 15 heavy (non-hydrogen) atoms. The van der Waals surface area contributed by atoms with Crippen LogP contribution in [0.1, 0.15) is 24.8 Å². The highest BCUT2D eigenvalue weighted by Gasteiger charge is 2.19. The van der Waals surface area contributed by atoms with Gasteiger partial charge in [0.1, 0.15) is 0 Å². The molecule has 0 aromatic heterocycles. The highest BCUT2D eigenvalue weighted by atomic mass is 16.3. The van der Waals surface area contributed by atoms with Crippen LogP contribution in [0.5, 0.6) is 0 Å². The molecule has 1 amide bonds. The first-order chi connectivity index (χ1) is 7.31. The number of benzene rings is 1. The van der Waals surface area contributed by atoms with Gasteiger partial charge in [0.2, 0.25) is 5.91 Å². The lowest BCUT2D eigenvalue weighted by Gasteiger charge is -2.27. The zero-order chi connectivity index (χ0) is 10.7. The summed E-state index contributed by atoms with van der Waals surface area (Å²) in [5.74, 6) is 0.191. The van der Waals surface area contributed by atoms with Crippen molar-refractivity contribution in [3.63, 3.8) is 0 Å². The van der Waals surface area contributed by atoms with E-state index in [9.17, 15) is 4.79 Å². The van der Waals surface area contributed by atoms with Gasteiger partial charge in [-0.2, -0.15) is 0 Å². The van der Waals surface area contributed by atoms with E-state index in [1.54, 1.807) is 0 Å². The van der Waals surface area contributed by atoms with Crippen LogP contribution in [0, 0.1) is 0 Å². The second-order valence-corrected chi connectivity index (χ2v) is 3.83. The summed E-state index contributed by atoms with van der Waals surface area (Å²) < 4.78 is 0. The minimum Gasteiger partial charge on any atom is -0.392 e. The molecule has 0 bridgehead atoms. The van der Waals surface area contributed by atoms with E-state index in [1.165, 1.54) is 0 Å². The van der Waals surface area contributed by atoms with Crippen molar-refractivity contribution in [3.05, 3.63) is 29.8 Å². The van der Waals surface area contributed by atoms with Crippen LogP contribution in [0.3, 0.4) is 0 Å². The molecule has 0 unspecified atom stereocenters. The molecule has 1 fully saturated rings. The maximum Gasteiger partial charge on any atom is 0.226 e. The monoisotopic (exact) mass is 205 g/mol. The van der Waals surface area contributed by atoms with Gasteiger partial charge in [-0.3, -0.25) is 4.79 Å². The number of aliphatic hydroxyl groups is 1. The molecule has 0 spiro atoms. The SMILES string of the molecule is O=C1CCCCN1c1cccc(CO)c1. The second kappa shape index (κ2) is 4.45. The van der Waals surface area contributed by atoms with Crippen LogP contribution >= 0.6 is 0 Å². The topological polar surface area (TPSA) is 40.5 Å². The summed E-state index contributed by atoms with van der Waals surface area (Å²) in [6.07, 6.45) is 2.70. The molecular formula is C12H15NO2. The molecule has 0 saturated carbocycles. The number of rotatable bonds is 2. The van der Waals surface area contributed by atoms with Crippen molar-refractivity contribution in [2.45, 2.75) is 25.9 Å². The van der Waals surface area contributed by atoms with Crippen LogP contribution in [0.25, 0.3) is 0 Å². The van der Waals surface area contributed by atoms with E-state index in [1.807, 2.05) is 29.2 Å². The van der Waals surface area contributed by atoms with Gasteiger partial charge in [-0.25, -0.2) is 0 Å². The highest BCUT2D eigenvalue weighted by molar-refractivity contribution is 5.94. The van der Waals surface area contributed by atoms with Crippen LogP contribution in [-0.2, 0) is 11.4 Å². The van der Waals surface area contributed by atoms with Crippen LogP contribution in [-0.4, -0.2) is 17.6 Å². The van der Waals surface area contributed by atoms with Crippen molar-refractivity contribution in [1.29, 1.82) is 0 Å². The van der Waals surface area contributed by atoms with Gasteiger partial charge in [0.15, 0.2) is 0 Å². The third-order valence-corrected chi connectivity index (χ3v) is 2.73. The summed E-state index contributed by atoms with van der Waals surface area (Å²) in [7, 11) is 0. The molecular weight excluding hydrogens is 190 g/mol. The summed E-state index contributed by atoms with van der Waals surface area (Å²) in [6.45, 7) is 0.823. The van der Waals surface area contributed by atoms with Gasteiger partial charge < -0.3 is 10.0 Å². The van der Waals surface area contributed by atoms with Gasteiger partial charge in [0, 0.05) is 18.7 Å². The quantitative estimate of drug-likeness (QED) is 0.798. The molecule has 0 aliphatic carbocycles. The van der Waals surface area contributed by atoms with E-state index in [0.29, 0.717) is 6.42 Å². The molecule has 1 aromatic rings. The van der Waals surface area contributed by atoms with Crippen molar-refractivity contribution >= 4 is 11.6 Å². The summed E-state index contributed by atoms with van der Waals surface area (Å²) in [4.78, 5) is 13.5. The average molecular weight is 205 g/mol. The van der Waals surface area contributed by atoms with E-state index in [-0.39, 0.29) is 12.5 Å². The Hall–Kier alpha value is -1.35. The fourth-order valence-electron chi connectivity index (χ4n) is 1.90. The van der Waals surface area contributed by atoms with E-state index in [0.717, 1.165) is 30.6 Å². The van der Waals surface area contributed by atoms with Crippen molar-refractivity contribution in [2.75, 3.05) is 11.4 Å².